The number of phenolic OH excluding ortho intramolecular Hbond substituents is 1. The summed E-state index contributed by atoms with van der Waals surface area (Å²) in [6.45, 7) is 1.67. The van der Waals surface area contributed by atoms with Crippen molar-refractivity contribution in [2.75, 3.05) is 6.61 Å². The molecule has 0 aliphatic heterocycles. The van der Waals surface area contributed by atoms with Gasteiger partial charge in [-0.25, -0.2) is 4.39 Å². The van der Waals surface area contributed by atoms with Gasteiger partial charge in [0.05, 0.1) is 0 Å². The number of phenols is 1. The van der Waals surface area contributed by atoms with E-state index in [1.807, 2.05) is 0 Å². The average molecular weight is 250 g/mol. The number of halogens is 2. The van der Waals surface area contributed by atoms with Crippen LogP contribution in [0.2, 0.25) is 0 Å². The van der Waals surface area contributed by atoms with Gasteiger partial charge >= 0.3 is 0 Å². The van der Waals surface area contributed by atoms with Gasteiger partial charge in [0.1, 0.15) is 11.6 Å². The van der Waals surface area contributed by atoms with Crippen molar-refractivity contribution in [2.24, 2.45) is 5.73 Å². The second kappa shape index (κ2) is 6.68. The molecule has 0 saturated carbocycles. The fourth-order valence-corrected chi connectivity index (χ4v) is 1.51. The van der Waals surface area contributed by atoms with Crippen LogP contribution >= 0.6 is 12.4 Å². The Morgan fingerprint density at radius 1 is 1.44 bits per heavy atom. The SMILES string of the molecule is Cc1cc(F)cc([C@@H](N)CCCO)c1O.Cl. The summed E-state index contributed by atoms with van der Waals surface area (Å²) in [5.41, 5.74) is 6.66. The molecular formula is C11H17ClFNO2. The highest BCUT2D eigenvalue weighted by Crippen LogP contribution is 2.29. The minimum absolute atomic E-state index is 0. The quantitative estimate of drug-likeness (QED) is 0.765. The van der Waals surface area contributed by atoms with Crippen LogP contribution in [0.4, 0.5) is 4.39 Å². The largest absolute Gasteiger partial charge is 0.507 e. The molecule has 0 unspecified atom stereocenters. The first-order chi connectivity index (χ1) is 7.06. The molecule has 0 aliphatic carbocycles. The molecule has 0 aliphatic rings. The van der Waals surface area contributed by atoms with E-state index < -0.39 is 11.9 Å². The van der Waals surface area contributed by atoms with E-state index in [1.54, 1.807) is 6.92 Å². The number of aliphatic hydroxyl groups is 1. The van der Waals surface area contributed by atoms with Gasteiger partial charge in [-0.2, -0.15) is 0 Å². The lowest BCUT2D eigenvalue weighted by molar-refractivity contribution is 0.279. The van der Waals surface area contributed by atoms with Crippen molar-refractivity contribution in [2.45, 2.75) is 25.8 Å². The maximum Gasteiger partial charge on any atom is 0.124 e. The van der Waals surface area contributed by atoms with Crippen LogP contribution in [0.1, 0.15) is 30.0 Å². The summed E-state index contributed by atoms with van der Waals surface area (Å²) in [4.78, 5) is 0. The molecule has 4 N–H and O–H groups in total. The zero-order valence-electron chi connectivity index (χ0n) is 9.11. The number of nitrogens with two attached hydrogens (primary N) is 1. The van der Waals surface area contributed by atoms with Crippen molar-refractivity contribution in [3.05, 3.63) is 29.1 Å². The van der Waals surface area contributed by atoms with Gasteiger partial charge in [-0.15, -0.1) is 12.4 Å². The molecule has 1 aromatic rings. The van der Waals surface area contributed by atoms with Crippen molar-refractivity contribution in [1.82, 2.24) is 0 Å². The van der Waals surface area contributed by atoms with Gasteiger partial charge in [-0.1, -0.05) is 0 Å². The molecule has 0 radical (unpaired) electrons. The third kappa shape index (κ3) is 3.63. The Bertz CT molecular complexity index is 347. The lowest BCUT2D eigenvalue weighted by Crippen LogP contribution is -2.11. The molecule has 0 spiro atoms. The molecule has 92 valence electrons. The van der Waals surface area contributed by atoms with Gasteiger partial charge in [0.15, 0.2) is 0 Å². The van der Waals surface area contributed by atoms with Crippen molar-refractivity contribution >= 4 is 12.4 Å². The Balaban J connectivity index is 0.00000225. The van der Waals surface area contributed by atoms with Gasteiger partial charge in [0.2, 0.25) is 0 Å². The molecular weight excluding hydrogens is 233 g/mol. The Labute approximate surface area is 101 Å². The molecule has 0 fully saturated rings. The number of benzene rings is 1. The van der Waals surface area contributed by atoms with E-state index in [1.165, 1.54) is 12.1 Å². The van der Waals surface area contributed by atoms with Gasteiger partial charge in [-0.3, -0.25) is 0 Å². The highest BCUT2D eigenvalue weighted by molar-refractivity contribution is 5.85. The number of rotatable bonds is 4. The predicted octanol–water partition coefficient (Wildman–Crippen LogP) is 2.03. The number of aromatic hydroxyl groups is 1. The first-order valence-electron chi connectivity index (χ1n) is 4.91. The molecule has 1 atom stereocenters. The molecule has 0 bridgehead atoms. The molecule has 0 amide bonds. The van der Waals surface area contributed by atoms with Crippen LogP contribution < -0.4 is 5.73 Å². The maximum atomic E-state index is 13.1. The van der Waals surface area contributed by atoms with Crippen molar-refractivity contribution in [3.63, 3.8) is 0 Å². The summed E-state index contributed by atoms with van der Waals surface area (Å²) in [6, 6.07) is 2.06. The smallest absolute Gasteiger partial charge is 0.124 e. The first kappa shape index (κ1) is 15.2. The van der Waals surface area contributed by atoms with E-state index >= 15 is 0 Å². The van der Waals surface area contributed by atoms with Crippen LogP contribution in [0.15, 0.2) is 12.1 Å². The summed E-state index contributed by atoms with van der Waals surface area (Å²) in [7, 11) is 0. The third-order valence-electron chi connectivity index (χ3n) is 2.37. The van der Waals surface area contributed by atoms with Crippen molar-refractivity contribution in [3.8, 4) is 5.75 Å². The monoisotopic (exact) mass is 249 g/mol. The zero-order valence-corrected chi connectivity index (χ0v) is 9.93. The molecule has 5 heteroatoms. The molecule has 1 aromatic carbocycles. The first-order valence-corrected chi connectivity index (χ1v) is 4.91. The summed E-state index contributed by atoms with van der Waals surface area (Å²) in [5, 5.41) is 18.3. The van der Waals surface area contributed by atoms with Crippen LogP contribution in [0.3, 0.4) is 0 Å². The highest BCUT2D eigenvalue weighted by atomic mass is 35.5. The predicted molar refractivity (Wildman–Crippen MR) is 63.3 cm³/mol. The standard InChI is InChI=1S/C11H16FNO2.ClH/c1-7-5-8(12)6-9(11(7)15)10(13)3-2-4-14;/h5-6,10,14-15H,2-4,13H2,1H3;1H/t10-;/m0./s1. The van der Waals surface area contributed by atoms with E-state index in [9.17, 15) is 9.50 Å². The van der Waals surface area contributed by atoms with Gasteiger partial charge < -0.3 is 15.9 Å². The fourth-order valence-electron chi connectivity index (χ4n) is 1.51. The van der Waals surface area contributed by atoms with Gasteiger partial charge in [0.25, 0.3) is 0 Å². The number of hydrogen-bond acceptors (Lipinski definition) is 3. The number of aliphatic hydroxyl groups excluding tert-OH is 1. The maximum absolute atomic E-state index is 13.1. The number of hydrogen-bond donors (Lipinski definition) is 3. The van der Waals surface area contributed by atoms with Crippen LogP contribution in [0.5, 0.6) is 5.75 Å². The van der Waals surface area contributed by atoms with E-state index in [4.69, 9.17) is 10.8 Å². The fraction of sp³-hybridized carbons (Fsp3) is 0.455. The molecule has 0 saturated heterocycles. The molecule has 3 nitrogen and oxygen atoms in total. The topological polar surface area (TPSA) is 66.5 Å². The summed E-state index contributed by atoms with van der Waals surface area (Å²) in [6.07, 6.45) is 1.06. The van der Waals surface area contributed by atoms with Crippen LogP contribution in [0, 0.1) is 12.7 Å². The molecule has 0 heterocycles. The van der Waals surface area contributed by atoms with Crippen LogP contribution in [-0.4, -0.2) is 16.8 Å². The van der Waals surface area contributed by atoms with E-state index in [0.29, 0.717) is 24.0 Å². The minimum Gasteiger partial charge on any atom is -0.507 e. The highest BCUT2D eigenvalue weighted by Gasteiger charge is 2.13. The van der Waals surface area contributed by atoms with E-state index in [0.717, 1.165) is 0 Å². The Kier molecular flexibility index (Phi) is 6.33. The third-order valence-corrected chi connectivity index (χ3v) is 2.37. The number of aryl methyl sites for hydroxylation is 1. The van der Waals surface area contributed by atoms with Crippen molar-refractivity contribution < 1.29 is 14.6 Å². The van der Waals surface area contributed by atoms with Crippen LogP contribution in [-0.2, 0) is 0 Å². The lowest BCUT2D eigenvalue weighted by atomic mass is 9.99. The Hall–Kier alpha value is -0.840. The average Bonchev–Trinajstić information content (AvgIpc) is 2.19. The normalized spacial score (nSPS) is 12.0. The van der Waals surface area contributed by atoms with Crippen molar-refractivity contribution in [1.29, 1.82) is 0 Å². The molecule has 16 heavy (non-hydrogen) atoms. The summed E-state index contributed by atoms with van der Waals surface area (Å²) < 4.78 is 13.1. The summed E-state index contributed by atoms with van der Waals surface area (Å²) in [5.74, 6) is -0.360. The van der Waals surface area contributed by atoms with Gasteiger partial charge in [0, 0.05) is 18.2 Å². The lowest BCUT2D eigenvalue weighted by Gasteiger charge is -2.14. The van der Waals surface area contributed by atoms with E-state index in [-0.39, 0.29) is 24.8 Å². The van der Waals surface area contributed by atoms with Crippen LogP contribution in [0.25, 0.3) is 0 Å². The minimum atomic E-state index is -0.438. The zero-order chi connectivity index (χ0) is 11.4. The Morgan fingerprint density at radius 3 is 2.62 bits per heavy atom. The molecule has 1 rings (SSSR count). The van der Waals surface area contributed by atoms with Gasteiger partial charge in [-0.05, 0) is 37.5 Å². The Morgan fingerprint density at radius 2 is 2.06 bits per heavy atom. The second-order valence-corrected chi connectivity index (χ2v) is 3.63. The van der Waals surface area contributed by atoms with E-state index in [2.05, 4.69) is 0 Å². The molecule has 0 aromatic heterocycles. The second-order valence-electron chi connectivity index (χ2n) is 3.63. The summed E-state index contributed by atoms with van der Waals surface area (Å²) >= 11 is 0.